The van der Waals surface area contributed by atoms with E-state index in [1.54, 1.807) is 31.3 Å². The van der Waals surface area contributed by atoms with Gasteiger partial charge in [0.2, 0.25) is 0 Å². The fourth-order valence-corrected chi connectivity index (χ4v) is 4.38. The number of benzene rings is 2. The number of ether oxygens (including phenoxy) is 4. The van der Waals surface area contributed by atoms with Crippen molar-refractivity contribution in [3.8, 4) is 17.2 Å². The summed E-state index contributed by atoms with van der Waals surface area (Å²) in [4.78, 5) is 24.5. The van der Waals surface area contributed by atoms with Crippen LogP contribution in [-0.4, -0.2) is 56.5 Å². The minimum Gasteiger partial charge on any atom is -0.493 e. The van der Waals surface area contributed by atoms with Crippen LogP contribution in [0.15, 0.2) is 52.8 Å². The van der Waals surface area contributed by atoms with E-state index in [0.29, 0.717) is 36.0 Å². The van der Waals surface area contributed by atoms with E-state index in [2.05, 4.69) is 43.8 Å². The zero-order valence-electron chi connectivity index (χ0n) is 21.5. The highest BCUT2D eigenvalue weighted by Crippen LogP contribution is 2.35. The maximum absolute atomic E-state index is 12.4. The van der Waals surface area contributed by atoms with Crippen molar-refractivity contribution in [1.82, 2.24) is 16.1 Å². The normalized spacial score (nSPS) is 15.9. The Morgan fingerprint density at radius 2 is 1.84 bits per heavy atom. The Bertz CT molecular complexity index is 1220. The molecule has 12 heteroatoms. The number of nitrogens with one attached hydrogen (secondary N) is 3. The fourth-order valence-electron chi connectivity index (χ4n) is 3.69. The van der Waals surface area contributed by atoms with Crippen LogP contribution in [0, 0.1) is 3.57 Å². The highest BCUT2D eigenvalue weighted by Gasteiger charge is 2.32. The van der Waals surface area contributed by atoms with Crippen LogP contribution in [0.1, 0.15) is 37.9 Å². The predicted octanol–water partition coefficient (Wildman–Crippen LogP) is 3.21. The molecule has 0 saturated heterocycles. The lowest BCUT2D eigenvalue weighted by Gasteiger charge is -2.28. The van der Waals surface area contributed by atoms with Gasteiger partial charge in [-0.1, -0.05) is 6.07 Å². The lowest BCUT2D eigenvalue weighted by molar-refractivity contribution is -0.136. The molecule has 0 unspecified atom stereocenters. The molecule has 2 aromatic rings. The standard InChI is InChI=1S/C26H31IN4O7/c1-5-36-19-9-7-16(11-18(19)27)13-28-31-22(32)14-38-20-10-8-17(12-21(20)37-6-2)24-23(25(33)35-4)15(3)29-26(34)30-24/h7-13,22,24,31-32H,5-6,14H2,1-4H3,(H2,29,30,34)/b28-13-/t22-,24-/m0/s1. The molecule has 0 spiro atoms. The summed E-state index contributed by atoms with van der Waals surface area (Å²) in [5.74, 6) is 1.01. The first-order chi connectivity index (χ1) is 18.3. The van der Waals surface area contributed by atoms with Gasteiger partial charge in [-0.2, -0.15) is 5.10 Å². The van der Waals surface area contributed by atoms with Crippen molar-refractivity contribution in [2.45, 2.75) is 33.0 Å². The summed E-state index contributed by atoms with van der Waals surface area (Å²) in [5.41, 5.74) is 4.75. The third-order valence-corrected chi connectivity index (χ3v) is 6.21. The smallest absolute Gasteiger partial charge is 0.337 e. The number of carbonyl (C=O) groups excluding carboxylic acids is 2. The molecule has 11 nitrogen and oxygen atoms in total. The third kappa shape index (κ3) is 7.51. The molecule has 2 amide bonds. The summed E-state index contributed by atoms with van der Waals surface area (Å²) in [5, 5.41) is 19.7. The molecule has 0 radical (unpaired) electrons. The number of hydrogen-bond acceptors (Lipinski definition) is 9. The lowest BCUT2D eigenvalue weighted by Crippen LogP contribution is -2.45. The second-order valence-electron chi connectivity index (χ2n) is 8.04. The van der Waals surface area contributed by atoms with Gasteiger partial charge in [0.25, 0.3) is 0 Å². The number of aliphatic hydroxyl groups is 1. The highest BCUT2D eigenvalue weighted by molar-refractivity contribution is 14.1. The van der Waals surface area contributed by atoms with Crippen LogP contribution in [0.2, 0.25) is 0 Å². The van der Waals surface area contributed by atoms with Crippen LogP contribution in [0.4, 0.5) is 4.79 Å². The van der Waals surface area contributed by atoms with Crippen molar-refractivity contribution in [3.05, 3.63) is 62.4 Å². The average molecular weight is 638 g/mol. The summed E-state index contributed by atoms with van der Waals surface area (Å²) in [6.07, 6.45) is 0.492. The minimum absolute atomic E-state index is 0.117. The van der Waals surface area contributed by atoms with Crippen LogP contribution in [0.5, 0.6) is 17.2 Å². The molecule has 0 saturated carbocycles. The molecule has 2 atom stereocenters. The minimum atomic E-state index is -1.10. The number of halogens is 1. The topological polar surface area (TPSA) is 140 Å². The molecular weight excluding hydrogens is 607 g/mol. The molecule has 1 heterocycles. The Labute approximate surface area is 234 Å². The Morgan fingerprint density at radius 1 is 1.13 bits per heavy atom. The molecule has 38 heavy (non-hydrogen) atoms. The van der Waals surface area contributed by atoms with E-state index in [1.165, 1.54) is 7.11 Å². The zero-order valence-corrected chi connectivity index (χ0v) is 23.7. The summed E-state index contributed by atoms with van der Waals surface area (Å²) >= 11 is 2.19. The van der Waals surface area contributed by atoms with Crippen molar-refractivity contribution in [3.63, 3.8) is 0 Å². The quantitative estimate of drug-likeness (QED) is 0.0915. The van der Waals surface area contributed by atoms with E-state index in [-0.39, 0.29) is 12.2 Å². The van der Waals surface area contributed by atoms with Gasteiger partial charge in [0.1, 0.15) is 12.4 Å². The van der Waals surface area contributed by atoms with Gasteiger partial charge >= 0.3 is 12.0 Å². The molecule has 0 aliphatic carbocycles. The van der Waals surface area contributed by atoms with Crippen LogP contribution in [0.25, 0.3) is 0 Å². The second-order valence-corrected chi connectivity index (χ2v) is 9.20. The Morgan fingerprint density at radius 3 is 2.53 bits per heavy atom. The first kappa shape index (κ1) is 29.0. The van der Waals surface area contributed by atoms with Crippen molar-refractivity contribution in [1.29, 1.82) is 0 Å². The van der Waals surface area contributed by atoms with Crippen LogP contribution < -0.4 is 30.3 Å². The maximum atomic E-state index is 12.4. The molecule has 0 aromatic heterocycles. The van der Waals surface area contributed by atoms with Crippen LogP contribution >= 0.6 is 22.6 Å². The Hall–Kier alpha value is -3.52. The first-order valence-corrected chi connectivity index (χ1v) is 13.0. The number of urea groups is 1. The fraction of sp³-hybridized carbons (Fsp3) is 0.346. The van der Waals surface area contributed by atoms with Crippen LogP contribution in [0.3, 0.4) is 0 Å². The summed E-state index contributed by atoms with van der Waals surface area (Å²) in [6.45, 7) is 6.20. The number of esters is 1. The number of nitrogens with zero attached hydrogens (tertiary/aromatic N) is 1. The number of methoxy groups -OCH3 is 1. The summed E-state index contributed by atoms with van der Waals surface area (Å²) in [7, 11) is 1.28. The van der Waals surface area contributed by atoms with Crippen molar-refractivity contribution < 1.29 is 33.6 Å². The summed E-state index contributed by atoms with van der Waals surface area (Å²) < 4.78 is 22.9. The van der Waals surface area contributed by atoms with Gasteiger partial charge in [0, 0.05) is 5.70 Å². The number of allylic oxidation sites excluding steroid dienone is 1. The first-order valence-electron chi connectivity index (χ1n) is 11.9. The van der Waals surface area contributed by atoms with Gasteiger partial charge in [0.05, 0.1) is 41.7 Å². The number of rotatable bonds is 12. The lowest BCUT2D eigenvalue weighted by atomic mass is 9.95. The molecule has 2 aromatic carbocycles. The number of aliphatic hydroxyl groups excluding tert-OH is 1. The molecule has 3 rings (SSSR count). The summed E-state index contributed by atoms with van der Waals surface area (Å²) in [6, 6.07) is 9.51. The number of amides is 2. The van der Waals surface area contributed by atoms with Gasteiger partial charge in [-0.15, -0.1) is 0 Å². The Balaban J connectivity index is 1.67. The SMILES string of the molecule is CCOc1ccc(/C=N\N[C@@H](O)COc2ccc([C@@H]3NC(=O)NC(C)=C3C(=O)OC)cc2OCC)cc1I. The van der Waals surface area contributed by atoms with Gasteiger partial charge in [-0.05, 0) is 84.8 Å². The molecule has 1 aliphatic rings. The third-order valence-electron chi connectivity index (χ3n) is 5.37. The molecule has 0 bridgehead atoms. The van der Waals surface area contributed by atoms with Crippen molar-refractivity contribution >= 4 is 40.8 Å². The zero-order chi connectivity index (χ0) is 27.7. The molecule has 204 valence electrons. The van der Waals surface area contributed by atoms with Gasteiger partial charge in [-0.3, -0.25) is 5.43 Å². The van der Waals surface area contributed by atoms with E-state index in [0.717, 1.165) is 14.9 Å². The van der Waals surface area contributed by atoms with Crippen molar-refractivity contribution in [2.24, 2.45) is 5.10 Å². The molecule has 1 aliphatic heterocycles. The largest absolute Gasteiger partial charge is 0.493 e. The van der Waals surface area contributed by atoms with Gasteiger partial charge < -0.3 is 34.7 Å². The van der Waals surface area contributed by atoms with Gasteiger partial charge in [0.15, 0.2) is 17.7 Å². The van der Waals surface area contributed by atoms with Gasteiger partial charge in [-0.25, -0.2) is 9.59 Å². The van der Waals surface area contributed by atoms with E-state index < -0.39 is 24.3 Å². The monoisotopic (exact) mass is 638 g/mol. The molecule has 0 fully saturated rings. The predicted molar refractivity (Wildman–Crippen MR) is 149 cm³/mol. The van der Waals surface area contributed by atoms with Crippen LogP contribution in [-0.2, 0) is 9.53 Å². The second kappa shape index (κ2) is 13.9. The van der Waals surface area contributed by atoms with E-state index >= 15 is 0 Å². The highest BCUT2D eigenvalue weighted by atomic mass is 127. The van der Waals surface area contributed by atoms with E-state index in [4.69, 9.17) is 18.9 Å². The molecular formula is C26H31IN4O7. The Kier molecular flexibility index (Phi) is 10.6. The maximum Gasteiger partial charge on any atom is 0.337 e. The van der Waals surface area contributed by atoms with E-state index in [9.17, 15) is 14.7 Å². The van der Waals surface area contributed by atoms with E-state index in [1.807, 2.05) is 32.0 Å². The number of hydrogen-bond donors (Lipinski definition) is 4. The molecule has 4 N–H and O–H groups in total. The van der Waals surface area contributed by atoms with Crippen molar-refractivity contribution in [2.75, 3.05) is 26.9 Å². The number of hydrazone groups is 1. The average Bonchev–Trinajstić information content (AvgIpc) is 2.89. The number of carbonyl (C=O) groups is 2.